The first kappa shape index (κ1) is 14.7. The van der Waals surface area contributed by atoms with Crippen LogP contribution in [-0.2, 0) is 9.53 Å². The van der Waals surface area contributed by atoms with Gasteiger partial charge in [0, 0.05) is 24.9 Å². The zero-order valence-electron chi connectivity index (χ0n) is 10.0. The molecule has 0 rings (SSSR count). The number of nitrogens with one attached hydrogen (secondary N) is 2. The highest BCUT2D eigenvalue weighted by atomic mass is 32.2. The average Bonchev–Trinajstić information content (AvgIpc) is 2.17. The number of methoxy groups -OCH3 is 1. The summed E-state index contributed by atoms with van der Waals surface area (Å²) in [5.41, 5.74) is 0. The maximum atomic E-state index is 11.4. The summed E-state index contributed by atoms with van der Waals surface area (Å²) in [5.74, 6) is 0.0212. The molecular formula is C10H22N2O2S. The van der Waals surface area contributed by atoms with Crippen LogP contribution in [0, 0.1) is 0 Å². The van der Waals surface area contributed by atoms with Crippen molar-refractivity contribution in [1.82, 2.24) is 10.6 Å². The molecule has 5 heteroatoms. The Morgan fingerprint density at radius 2 is 2.13 bits per heavy atom. The number of thioether (sulfide) groups is 1. The molecule has 4 nitrogen and oxygen atoms in total. The molecule has 0 aliphatic heterocycles. The van der Waals surface area contributed by atoms with Crippen molar-refractivity contribution < 1.29 is 9.53 Å². The van der Waals surface area contributed by atoms with Crippen LogP contribution in [-0.4, -0.2) is 50.3 Å². The SMILES string of the molecule is COCC(C)NC(=O)CNCC(C)SC. The average molecular weight is 234 g/mol. The minimum absolute atomic E-state index is 0.0212. The number of rotatable bonds is 8. The maximum absolute atomic E-state index is 11.4. The normalized spacial score (nSPS) is 14.7. The first-order valence-electron chi connectivity index (χ1n) is 5.12. The van der Waals surface area contributed by atoms with Crippen molar-refractivity contribution in [2.24, 2.45) is 0 Å². The Balaban J connectivity index is 3.48. The molecule has 0 aliphatic rings. The van der Waals surface area contributed by atoms with Gasteiger partial charge in [0.1, 0.15) is 0 Å². The van der Waals surface area contributed by atoms with E-state index in [2.05, 4.69) is 23.8 Å². The van der Waals surface area contributed by atoms with E-state index in [0.29, 0.717) is 18.4 Å². The molecule has 0 heterocycles. The molecular weight excluding hydrogens is 212 g/mol. The number of ether oxygens (including phenoxy) is 1. The fourth-order valence-corrected chi connectivity index (χ4v) is 1.37. The lowest BCUT2D eigenvalue weighted by Crippen LogP contribution is -2.41. The van der Waals surface area contributed by atoms with Crippen LogP contribution in [0.25, 0.3) is 0 Å². The Bertz CT molecular complexity index is 179. The van der Waals surface area contributed by atoms with Gasteiger partial charge in [-0.1, -0.05) is 6.92 Å². The van der Waals surface area contributed by atoms with Crippen LogP contribution < -0.4 is 10.6 Å². The van der Waals surface area contributed by atoms with Crippen molar-refractivity contribution in [2.75, 3.05) is 33.1 Å². The third-order valence-electron chi connectivity index (χ3n) is 1.94. The smallest absolute Gasteiger partial charge is 0.234 e. The van der Waals surface area contributed by atoms with Gasteiger partial charge < -0.3 is 15.4 Å². The van der Waals surface area contributed by atoms with E-state index in [1.54, 1.807) is 18.9 Å². The summed E-state index contributed by atoms with van der Waals surface area (Å²) in [6, 6.07) is 0.0715. The van der Waals surface area contributed by atoms with Gasteiger partial charge >= 0.3 is 0 Å². The number of hydrogen-bond donors (Lipinski definition) is 2. The summed E-state index contributed by atoms with van der Waals surface area (Å²) in [7, 11) is 1.63. The summed E-state index contributed by atoms with van der Waals surface area (Å²) in [6.07, 6.45) is 2.06. The van der Waals surface area contributed by atoms with Crippen molar-refractivity contribution in [3.8, 4) is 0 Å². The maximum Gasteiger partial charge on any atom is 0.234 e. The van der Waals surface area contributed by atoms with E-state index < -0.39 is 0 Å². The summed E-state index contributed by atoms with van der Waals surface area (Å²) in [4.78, 5) is 11.4. The Kier molecular flexibility index (Phi) is 8.85. The van der Waals surface area contributed by atoms with E-state index in [1.807, 2.05) is 6.92 Å². The second-order valence-corrected chi connectivity index (χ2v) is 4.88. The highest BCUT2D eigenvalue weighted by molar-refractivity contribution is 7.99. The van der Waals surface area contributed by atoms with E-state index in [0.717, 1.165) is 6.54 Å². The lowest BCUT2D eigenvalue weighted by Gasteiger charge is -2.14. The number of carbonyl (C=O) groups is 1. The molecule has 15 heavy (non-hydrogen) atoms. The molecule has 0 aromatic heterocycles. The van der Waals surface area contributed by atoms with Gasteiger partial charge in [-0.2, -0.15) is 11.8 Å². The molecule has 0 saturated heterocycles. The summed E-state index contributed by atoms with van der Waals surface area (Å²) >= 11 is 1.78. The molecule has 0 saturated carbocycles. The van der Waals surface area contributed by atoms with E-state index in [1.165, 1.54) is 0 Å². The largest absolute Gasteiger partial charge is 0.383 e. The highest BCUT2D eigenvalue weighted by Gasteiger charge is 2.06. The number of hydrogen-bond acceptors (Lipinski definition) is 4. The van der Waals surface area contributed by atoms with Gasteiger partial charge in [0.15, 0.2) is 0 Å². The van der Waals surface area contributed by atoms with Crippen LogP contribution in [0.15, 0.2) is 0 Å². The fourth-order valence-electron chi connectivity index (χ4n) is 1.09. The van der Waals surface area contributed by atoms with Gasteiger partial charge in [-0.25, -0.2) is 0 Å². The summed E-state index contributed by atoms with van der Waals surface area (Å²) < 4.78 is 4.93. The predicted molar refractivity (Wildman–Crippen MR) is 65.3 cm³/mol. The van der Waals surface area contributed by atoms with Crippen LogP contribution >= 0.6 is 11.8 Å². The zero-order valence-corrected chi connectivity index (χ0v) is 10.8. The standard InChI is InChI=1S/C10H22N2O2S/c1-8(7-14-3)12-10(13)6-11-5-9(2)15-4/h8-9,11H,5-7H2,1-4H3,(H,12,13). The first-order chi connectivity index (χ1) is 7.10. The lowest BCUT2D eigenvalue weighted by molar-refractivity contribution is -0.121. The molecule has 0 aliphatic carbocycles. The molecule has 2 atom stereocenters. The van der Waals surface area contributed by atoms with Gasteiger partial charge in [-0.15, -0.1) is 0 Å². The van der Waals surface area contributed by atoms with E-state index in [-0.39, 0.29) is 11.9 Å². The Morgan fingerprint density at radius 1 is 1.47 bits per heavy atom. The van der Waals surface area contributed by atoms with Crippen molar-refractivity contribution >= 4 is 17.7 Å². The van der Waals surface area contributed by atoms with Crippen LogP contribution in [0.4, 0.5) is 0 Å². The molecule has 0 radical (unpaired) electrons. The van der Waals surface area contributed by atoms with Crippen molar-refractivity contribution in [2.45, 2.75) is 25.1 Å². The van der Waals surface area contributed by atoms with Gasteiger partial charge in [0.05, 0.1) is 13.2 Å². The number of amides is 1. The third kappa shape index (κ3) is 8.72. The monoisotopic (exact) mass is 234 g/mol. The minimum atomic E-state index is 0.0212. The molecule has 0 fully saturated rings. The van der Waals surface area contributed by atoms with E-state index >= 15 is 0 Å². The molecule has 0 aromatic carbocycles. The van der Waals surface area contributed by atoms with Crippen LogP contribution in [0.1, 0.15) is 13.8 Å². The van der Waals surface area contributed by atoms with E-state index in [9.17, 15) is 4.79 Å². The van der Waals surface area contributed by atoms with Crippen LogP contribution in [0.3, 0.4) is 0 Å². The highest BCUT2D eigenvalue weighted by Crippen LogP contribution is 2.01. The molecule has 90 valence electrons. The van der Waals surface area contributed by atoms with Gasteiger partial charge in [0.25, 0.3) is 0 Å². The van der Waals surface area contributed by atoms with Crippen molar-refractivity contribution in [3.63, 3.8) is 0 Å². The lowest BCUT2D eigenvalue weighted by atomic mass is 10.3. The third-order valence-corrected chi connectivity index (χ3v) is 2.92. The molecule has 0 aromatic rings. The van der Waals surface area contributed by atoms with E-state index in [4.69, 9.17) is 4.74 Å². The van der Waals surface area contributed by atoms with Crippen molar-refractivity contribution in [3.05, 3.63) is 0 Å². The van der Waals surface area contributed by atoms with Crippen LogP contribution in [0.5, 0.6) is 0 Å². The molecule has 0 bridgehead atoms. The Morgan fingerprint density at radius 3 is 2.67 bits per heavy atom. The second kappa shape index (κ2) is 9.00. The minimum Gasteiger partial charge on any atom is -0.383 e. The molecule has 2 unspecified atom stereocenters. The zero-order chi connectivity index (χ0) is 11.7. The quantitative estimate of drug-likeness (QED) is 0.641. The topological polar surface area (TPSA) is 50.4 Å². The Hall–Kier alpha value is -0.260. The predicted octanol–water partition coefficient (Wildman–Crippen LogP) is 0.479. The molecule has 0 spiro atoms. The van der Waals surface area contributed by atoms with Crippen molar-refractivity contribution in [1.29, 1.82) is 0 Å². The second-order valence-electron chi connectivity index (χ2n) is 3.60. The summed E-state index contributed by atoms with van der Waals surface area (Å²) in [5, 5.41) is 6.49. The van der Waals surface area contributed by atoms with Gasteiger partial charge in [0.2, 0.25) is 5.91 Å². The number of carbonyl (C=O) groups excluding carboxylic acids is 1. The fraction of sp³-hybridized carbons (Fsp3) is 0.900. The van der Waals surface area contributed by atoms with Gasteiger partial charge in [-0.3, -0.25) is 4.79 Å². The summed E-state index contributed by atoms with van der Waals surface area (Å²) in [6.45, 7) is 5.83. The Labute approximate surface area is 96.5 Å². The molecule has 1 amide bonds. The van der Waals surface area contributed by atoms with Gasteiger partial charge in [-0.05, 0) is 13.2 Å². The van der Waals surface area contributed by atoms with Crippen LogP contribution in [0.2, 0.25) is 0 Å². The molecule has 2 N–H and O–H groups in total. The first-order valence-corrected chi connectivity index (χ1v) is 6.40.